The lowest BCUT2D eigenvalue weighted by Gasteiger charge is -2.08. The number of allylic oxidation sites excluding steroid dienone is 1. The number of carbonyl (C=O) groups is 1. The lowest BCUT2D eigenvalue weighted by molar-refractivity contribution is 0.0979. The molecule has 0 radical (unpaired) electrons. The van der Waals surface area contributed by atoms with Crippen molar-refractivity contribution in [2.24, 2.45) is 4.99 Å². The summed E-state index contributed by atoms with van der Waals surface area (Å²) in [5.41, 5.74) is 4.55. The minimum Gasteiger partial charge on any atom is -0.305 e. The van der Waals surface area contributed by atoms with Crippen molar-refractivity contribution in [2.45, 2.75) is 25.7 Å². The average Bonchev–Trinajstić information content (AvgIpc) is 3.50. The first-order valence-electron chi connectivity index (χ1n) is 10.1. The first kappa shape index (κ1) is 19.5. The zero-order valence-corrected chi connectivity index (χ0v) is 16.7. The van der Waals surface area contributed by atoms with Gasteiger partial charge in [0.1, 0.15) is 0 Å². The third kappa shape index (κ3) is 4.98. The van der Waals surface area contributed by atoms with Crippen LogP contribution >= 0.6 is 0 Å². The predicted molar refractivity (Wildman–Crippen MR) is 118 cm³/mol. The van der Waals surface area contributed by atoms with Gasteiger partial charge in [-0.3, -0.25) is 14.8 Å². The number of rotatable bonds is 7. The van der Waals surface area contributed by atoms with Gasteiger partial charge in [-0.1, -0.05) is 17.9 Å². The number of ketones is 1. The molecule has 0 N–H and O–H groups in total. The van der Waals surface area contributed by atoms with Crippen molar-refractivity contribution in [2.75, 3.05) is 6.54 Å². The lowest BCUT2D eigenvalue weighted by Crippen LogP contribution is -2.02. The van der Waals surface area contributed by atoms with E-state index in [1.54, 1.807) is 24.9 Å². The van der Waals surface area contributed by atoms with E-state index in [1.165, 1.54) is 5.57 Å². The van der Waals surface area contributed by atoms with E-state index in [0.717, 1.165) is 42.6 Å². The van der Waals surface area contributed by atoms with Gasteiger partial charge in [0, 0.05) is 54.1 Å². The Bertz CT molecular complexity index is 1130. The van der Waals surface area contributed by atoms with Gasteiger partial charge in [-0.15, -0.1) is 0 Å². The van der Waals surface area contributed by atoms with Gasteiger partial charge in [-0.25, -0.2) is 4.98 Å². The number of aliphatic imine (C=N–C) groups is 1. The molecule has 0 amide bonds. The molecule has 30 heavy (non-hydrogen) atoms. The molecule has 2 aromatic heterocycles. The predicted octanol–water partition coefficient (Wildman–Crippen LogP) is 4.42. The molecule has 1 aromatic carbocycles. The summed E-state index contributed by atoms with van der Waals surface area (Å²) in [6.45, 7) is 0.792. The lowest BCUT2D eigenvalue weighted by atomic mass is 10.00. The van der Waals surface area contributed by atoms with E-state index in [1.807, 2.05) is 47.3 Å². The fraction of sp³-hybridized carbons (Fsp3) is 0.200. The molecule has 5 nitrogen and oxygen atoms in total. The van der Waals surface area contributed by atoms with Crippen LogP contribution in [0.2, 0.25) is 0 Å². The zero-order valence-electron chi connectivity index (χ0n) is 16.7. The normalized spacial score (nSPS) is 12.3. The first-order chi connectivity index (χ1) is 14.8. The van der Waals surface area contributed by atoms with Crippen molar-refractivity contribution in [1.29, 1.82) is 0 Å². The van der Waals surface area contributed by atoms with Crippen LogP contribution in [0.15, 0.2) is 78.1 Å². The molecule has 0 fully saturated rings. The topological polar surface area (TPSA) is 60.1 Å². The van der Waals surface area contributed by atoms with Crippen LogP contribution in [0.25, 0.3) is 5.69 Å². The van der Waals surface area contributed by atoms with Gasteiger partial charge in [0.2, 0.25) is 0 Å². The number of carbonyl (C=O) groups excluding carboxylic acids is 1. The zero-order chi connectivity index (χ0) is 20.6. The molecule has 0 unspecified atom stereocenters. The smallest absolute Gasteiger partial charge is 0.162 e. The Balaban J connectivity index is 1.50. The summed E-state index contributed by atoms with van der Waals surface area (Å²) in [7, 11) is 0. The van der Waals surface area contributed by atoms with Gasteiger partial charge in [-0.2, -0.15) is 0 Å². The molecular weight excluding hydrogens is 372 g/mol. The number of hydrogen-bond acceptors (Lipinski definition) is 4. The second-order valence-corrected chi connectivity index (χ2v) is 7.09. The van der Waals surface area contributed by atoms with Crippen LogP contribution in [0.5, 0.6) is 0 Å². The molecule has 3 aromatic rings. The maximum Gasteiger partial charge on any atom is 0.162 e. The molecule has 0 bridgehead atoms. The number of unbranched alkanes of at least 4 members (excludes halogenated alkanes) is 1. The molecule has 0 atom stereocenters. The van der Waals surface area contributed by atoms with Gasteiger partial charge in [0.05, 0.1) is 18.6 Å². The van der Waals surface area contributed by atoms with Gasteiger partial charge in [0.25, 0.3) is 0 Å². The molecule has 0 saturated carbocycles. The van der Waals surface area contributed by atoms with E-state index >= 15 is 0 Å². The fourth-order valence-corrected chi connectivity index (χ4v) is 3.33. The summed E-state index contributed by atoms with van der Waals surface area (Å²) >= 11 is 0. The molecular formula is C25H22N4O. The van der Waals surface area contributed by atoms with E-state index in [2.05, 4.69) is 32.9 Å². The molecule has 0 saturated heterocycles. The summed E-state index contributed by atoms with van der Waals surface area (Å²) in [4.78, 5) is 25.1. The molecule has 3 heterocycles. The maximum absolute atomic E-state index is 12.7. The standard InChI is InChI=1S/C25H22N4O/c30-25(4-2-1-3-21-11-14-27-18-21)23-7-8-24(29-16-15-28-19-29)22(17-23)6-5-20-9-12-26-13-10-20/h7-13,15-19H,1-4,14H2. The highest BCUT2D eigenvalue weighted by molar-refractivity contribution is 5.96. The Kier molecular flexibility index (Phi) is 6.26. The molecule has 0 aliphatic carbocycles. The van der Waals surface area contributed by atoms with Crippen LogP contribution in [-0.4, -0.2) is 33.1 Å². The number of Topliss-reactive ketones (excluding diaryl/α,β-unsaturated/α-hetero) is 1. The Morgan fingerprint density at radius 1 is 1.03 bits per heavy atom. The number of aromatic nitrogens is 3. The van der Waals surface area contributed by atoms with Crippen LogP contribution < -0.4 is 0 Å². The second kappa shape index (κ2) is 9.62. The van der Waals surface area contributed by atoms with Crippen molar-refractivity contribution in [1.82, 2.24) is 14.5 Å². The third-order valence-electron chi connectivity index (χ3n) is 4.96. The molecule has 4 rings (SSSR count). The van der Waals surface area contributed by atoms with Gasteiger partial charge >= 0.3 is 0 Å². The summed E-state index contributed by atoms with van der Waals surface area (Å²) < 4.78 is 1.90. The van der Waals surface area contributed by atoms with Crippen LogP contribution in [-0.2, 0) is 0 Å². The monoisotopic (exact) mass is 394 g/mol. The van der Waals surface area contributed by atoms with Crippen LogP contribution in [0.3, 0.4) is 0 Å². The SMILES string of the molecule is O=C(CCCCC1=CCN=C1)c1ccc(-n2ccnc2)c(C#Cc2ccncc2)c1. The summed E-state index contributed by atoms with van der Waals surface area (Å²) in [5.74, 6) is 6.52. The van der Waals surface area contributed by atoms with Gasteiger partial charge in [-0.05, 0) is 55.2 Å². The Hall–Kier alpha value is -3.78. The largest absolute Gasteiger partial charge is 0.305 e. The average molecular weight is 394 g/mol. The van der Waals surface area contributed by atoms with Crippen LogP contribution in [0.1, 0.15) is 47.2 Å². The van der Waals surface area contributed by atoms with Crippen molar-refractivity contribution < 1.29 is 4.79 Å². The van der Waals surface area contributed by atoms with Crippen LogP contribution in [0.4, 0.5) is 0 Å². The Morgan fingerprint density at radius 3 is 2.70 bits per heavy atom. The minimum absolute atomic E-state index is 0.146. The number of benzene rings is 1. The molecule has 1 aliphatic heterocycles. The van der Waals surface area contributed by atoms with Crippen molar-refractivity contribution >= 4 is 12.0 Å². The summed E-state index contributed by atoms with van der Waals surface area (Å²) in [6.07, 6.45) is 16.2. The van der Waals surface area contributed by atoms with E-state index in [4.69, 9.17) is 0 Å². The molecule has 1 aliphatic rings. The minimum atomic E-state index is 0.146. The van der Waals surface area contributed by atoms with E-state index in [-0.39, 0.29) is 5.78 Å². The van der Waals surface area contributed by atoms with E-state index < -0.39 is 0 Å². The quantitative estimate of drug-likeness (QED) is 0.339. The third-order valence-corrected chi connectivity index (χ3v) is 4.96. The Labute approximate surface area is 176 Å². The van der Waals surface area contributed by atoms with Crippen molar-refractivity contribution in [3.8, 4) is 17.5 Å². The number of pyridine rings is 1. The maximum atomic E-state index is 12.7. The number of hydrogen-bond donors (Lipinski definition) is 0. The number of nitrogens with zero attached hydrogens (tertiary/aromatic N) is 4. The van der Waals surface area contributed by atoms with E-state index in [9.17, 15) is 4.79 Å². The van der Waals surface area contributed by atoms with E-state index in [0.29, 0.717) is 12.0 Å². The highest BCUT2D eigenvalue weighted by atomic mass is 16.1. The molecule has 148 valence electrons. The van der Waals surface area contributed by atoms with Crippen molar-refractivity contribution in [3.05, 3.63) is 89.8 Å². The second-order valence-electron chi connectivity index (χ2n) is 7.09. The number of imidazole rings is 1. The van der Waals surface area contributed by atoms with Gasteiger partial charge < -0.3 is 4.57 Å². The fourth-order valence-electron chi connectivity index (χ4n) is 3.33. The highest BCUT2D eigenvalue weighted by Crippen LogP contribution is 2.19. The summed E-state index contributed by atoms with van der Waals surface area (Å²) in [6, 6.07) is 9.43. The highest BCUT2D eigenvalue weighted by Gasteiger charge is 2.10. The van der Waals surface area contributed by atoms with Crippen LogP contribution in [0, 0.1) is 11.8 Å². The van der Waals surface area contributed by atoms with Gasteiger partial charge in [0.15, 0.2) is 5.78 Å². The molecule has 0 spiro atoms. The molecule has 5 heteroatoms. The summed E-state index contributed by atoms with van der Waals surface area (Å²) in [5, 5.41) is 0. The Morgan fingerprint density at radius 2 is 1.93 bits per heavy atom. The van der Waals surface area contributed by atoms with Crippen molar-refractivity contribution in [3.63, 3.8) is 0 Å². The first-order valence-corrected chi connectivity index (χ1v) is 10.1.